The van der Waals surface area contributed by atoms with Crippen LogP contribution >= 0.6 is 15.9 Å². The molecule has 0 aliphatic rings. The maximum Gasteiger partial charge on any atom is 0.333 e. The topological polar surface area (TPSA) is 53.2 Å². The molecule has 0 spiro atoms. The van der Waals surface area contributed by atoms with Gasteiger partial charge in [-0.15, -0.1) is 0 Å². The maximum atomic E-state index is 11.8. The highest BCUT2D eigenvalue weighted by Gasteiger charge is 2.12. The summed E-state index contributed by atoms with van der Waals surface area (Å²) in [5, 5.41) is 0. The number of hydrogen-bond donors (Lipinski definition) is 0. The van der Waals surface area contributed by atoms with E-state index in [1.165, 1.54) is 10.6 Å². The molecule has 0 aliphatic carbocycles. The molecule has 0 aromatic carbocycles. The fourth-order valence-electron chi connectivity index (χ4n) is 1.30. The molecule has 0 aliphatic heterocycles. The largest absolute Gasteiger partial charge is 0.361 e. The van der Waals surface area contributed by atoms with Crippen molar-refractivity contribution in [3.63, 3.8) is 0 Å². The van der Waals surface area contributed by atoms with E-state index in [0.29, 0.717) is 11.2 Å². The number of nitrogens with zero attached hydrogens (tertiary/aromatic N) is 2. The lowest BCUT2D eigenvalue weighted by molar-refractivity contribution is 0.0805. The van der Waals surface area contributed by atoms with Crippen LogP contribution in [0, 0.1) is 0 Å². The van der Waals surface area contributed by atoms with Crippen LogP contribution in [0.25, 0.3) is 0 Å². The molecule has 7 heteroatoms. The lowest BCUT2D eigenvalue weighted by Gasteiger charge is -2.15. The highest BCUT2D eigenvalue weighted by Crippen LogP contribution is 2.07. The van der Waals surface area contributed by atoms with Crippen LogP contribution in [0.5, 0.6) is 0 Å². The number of ether oxygens (including phenoxy) is 1. The molecule has 102 valence electrons. The molecule has 1 rings (SSSR count). The lowest BCUT2D eigenvalue weighted by atomic mass is 10.6. The van der Waals surface area contributed by atoms with Crippen LogP contribution in [0.4, 0.5) is 0 Å². The first-order valence-electron chi connectivity index (χ1n) is 5.76. The quantitative estimate of drug-likeness (QED) is 0.467. The van der Waals surface area contributed by atoms with Gasteiger partial charge in [0.1, 0.15) is 6.73 Å². The summed E-state index contributed by atoms with van der Waals surface area (Å²) < 4.78 is 8.35. The van der Waals surface area contributed by atoms with Gasteiger partial charge in [-0.1, -0.05) is 19.6 Å². The van der Waals surface area contributed by atoms with Crippen molar-refractivity contribution in [2.45, 2.75) is 32.4 Å². The molecule has 0 saturated heterocycles. The first-order chi connectivity index (χ1) is 8.22. The third-order valence-corrected chi connectivity index (χ3v) is 5.03. The highest BCUT2D eigenvalue weighted by molar-refractivity contribution is 9.10. The molecule has 5 nitrogen and oxygen atoms in total. The molecule has 0 radical (unpaired) electrons. The van der Waals surface area contributed by atoms with E-state index in [1.54, 1.807) is 7.05 Å². The van der Waals surface area contributed by atoms with Gasteiger partial charge in [-0.25, -0.2) is 9.36 Å². The lowest BCUT2D eigenvalue weighted by Crippen LogP contribution is -2.39. The van der Waals surface area contributed by atoms with E-state index >= 15 is 0 Å². The molecular formula is C11H19BrN2O3Si. The van der Waals surface area contributed by atoms with E-state index in [2.05, 4.69) is 35.6 Å². The maximum absolute atomic E-state index is 11.8. The van der Waals surface area contributed by atoms with Crippen LogP contribution < -0.4 is 11.2 Å². The van der Waals surface area contributed by atoms with E-state index in [0.717, 1.165) is 10.6 Å². The SMILES string of the molecule is Cn1c(Br)cc(=O)n(COCC[Si](C)(C)C)c1=O. The van der Waals surface area contributed by atoms with Crippen molar-refractivity contribution >= 4 is 24.0 Å². The summed E-state index contributed by atoms with van der Waals surface area (Å²) in [6, 6.07) is 2.38. The number of aromatic nitrogens is 2. The van der Waals surface area contributed by atoms with Crippen LogP contribution in [-0.4, -0.2) is 23.8 Å². The van der Waals surface area contributed by atoms with Crippen molar-refractivity contribution < 1.29 is 4.74 Å². The summed E-state index contributed by atoms with van der Waals surface area (Å²) >= 11 is 3.15. The highest BCUT2D eigenvalue weighted by atomic mass is 79.9. The summed E-state index contributed by atoms with van der Waals surface area (Å²) in [6.07, 6.45) is 0. The van der Waals surface area contributed by atoms with Gasteiger partial charge in [-0.3, -0.25) is 9.36 Å². The van der Waals surface area contributed by atoms with Gasteiger partial charge >= 0.3 is 5.69 Å². The molecule has 1 aromatic heterocycles. The minimum absolute atomic E-state index is 0.0171. The molecule has 0 saturated carbocycles. The summed E-state index contributed by atoms with van der Waals surface area (Å²) in [4.78, 5) is 23.5. The third-order valence-electron chi connectivity index (χ3n) is 2.56. The van der Waals surface area contributed by atoms with E-state index in [1.807, 2.05) is 0 Å². The van der Waals surface area contributed by atoms with Gasteiger partial charge in [0.05, 0.1) is 4.60 Å². The molecule has 0 unspecified atom stereocenters. The summed E-state index contributed by atoms with van der Waals surface area (Å²) in [5.74, 6) is 0. The zero-order chi connectivity index (χ0) is 13.9. The van der Waals surface area contributed by atoms with Crippen LogP contribution in [0.3, 0.4) is 0 Å². The Morgan fingerprint density at radius 3 is 2.50 bits per heavy atom. The zero-order valence-corrected chi connectivity index (χ0v) is 13.8. The van der Waals surface area contributed by atoms with Crippen molar-refractivity contribution in [3.05, 3.63) is 31.5 Å². The minimum Gasteiger partial charge on any atom is -0.361 e. The Kier molecular flexibility index (Phi) is 5.12. The zero-order valence-electron chi connectivity index (χ0n) is 11.2. The van der Waals surface area contributed by atoms with E-state index < -0.39 is 8.07 Å². The number of halogens is 1. The Morgan fingerprint density at radius 1 is 1.33 bits per heavy atom. The van der Waals surface area contributed by atoms with Gasteiger partial charge in [0.25, 0.3) is 5.56 Å². The van der Waals surface area contributed by atoms with Gasteiger partial charge < -0.3 is 4.74 Å². The number of rotatable bonds is 5. The average molecular weight is 335 g/mol. The van der Waals surface area contributed by atoms with Crippen molar-refractivity contribution in [2.75, 3.05) is 6.61 Å². The number of hydrogen-bond acceptors (Lipinski definition) is 3. The second kappa shape index (κ2) is 5.99. The van der Waals surface area contributed by atoms with Crippen molar-refractivity contribution in [2.24, 2.45) is 7.05 Å². The van der Waals surface area contributed by atoms with E-state index in [4.69, 9.17) is 4.74 Å². The monoisotopic (exact) mass is 334 g/mol. The van der Waals surface area contributed by atoms with Crippen LogP contribution in [-0.2, 0) is 18.5 Å². The Bertz CT molecular complexity index is 531. The molecule has 0 N–H and O–H groups in total. The molecule has 1 heterocycles. The van der Waals surface area contributed by atoms with Crippen LogP contribution in [0.1, 0.15) is 0 Å². The molecule has 0 bridgehead atoms. The Balaban J connectivity index is 2.72. The normalized spacial score (nSPS) is 11.8. The smallest absolute Gasteiger partial charge is 0.333 e. The standard InChI is InChI=1S/C11H19BrN2O3Si/c1-13-9(12)7-10(15)14(11(13)16)8-17-5-6-18(2,3)4/h7H,5-6,8H2,1-4H3. The van der Waals surface area contributed by atoms with E-state index in [9.17, 15) is 9.59 Å². The van der Waals surface area contributed by atoms with Crippen LogP contribution in [0.15, 0.2) is 20.3 Å². The first-order valence-corrected chi connectivity index (χ1v) is 10.3. The fourth-order valence-corrected chi connectivity index (χ4v) is 2.40. The van der Waals surface area contributed by atoms with E-state index in [-0.39, 0.29) is 18.0 Å². The van der Waals surface area contributed by atoms with Gasteiger partial charge in [-0.05, 0) is 22.0 Å². The average Bonchev–Trinajstić information content (AvgIpc) is 2.23. The molecule has 0 atom stereocenters. The second-order valence-electron chi connectivity index (χ2n) is 5.42. The summed E-state index contributed by atoms with van der Waals surface area (Å²) in [6.45, 7) is 7.36. The van der Waals surface area contributed by atoms with Crippen molar-refractivity contribution in [3.8, 4) is 0 Å². The first kappa shape index (κ1) is 15.4. The second-order valence-corrected chi connectivity index (χ2v) is 11.9. The molecular weight excluding hydrogens is 316 g/mol. The van der Waals surface area contributed by atoms with Gasteiger partial charge in [-0.2, -0.15) is 0 Å². The minimum atomic E-state index is -1.15. The van der Waals surface area contributed by atoms with Crippen LogP contribution in [0.2, 0.25) is 25.7 Å². The fraction of sp³-hybridized carbons (Fsp3) is 0.636. The van der Waals surface area contributed by atoms with Gasteiger partial charge in [0.15, 0.2) is 0 Å². The predicted molar refractivity (Wildman–Crippen MR) is 77.7 cm³/mol. The molecule has 0 amide bonds. The molecule has 1 aromatic rings. The summed E-state index contributed by atoms with van der Waals surface area (Å²) in [5.41, 5.74) is -0.722. The Labute approximate surface area is 116 Å². The Hall–Kier alpha value is -0.663. The Morgan fingerprint density at radius 2 is 1.94 bits per heavy atom. The van der Waals surface area contributed by atoms with Gasteiger partial charge in [0.2, 0.25) is 0 Å². The van der Waals surface area contributed by atoms with Crippen molar-refractivity contribution in [1.29, 1.82) is 0 Å². The molecule has 0 fully saturated rings. The van der Waals surface area contributed by atoms with Gasteiger partial charge in [0, 0.05) is 27.8 Å². The molecule has 18 heavy (non-hydrogen) atoms. The summed E-state index contributed by atoms with van der Waals surface area (Å²) in [7, 11) is 0.456. The van der Waals surface area contributed by atoms with Crippen molar-refractivity contribution in [1.82, 2.24) is 9.13 Å². The predicted octanol–water partition coefficient (Wildman–Crippen LogP) is 1.62. The third kappa shape index (κ3) is 4.22.